The lowest BCUT2D eigenvalue weighted by atomic mass is 10.1. The number of aliphatic hydroxyl groups excluding tert-OH is 1. The lowest BCUT2D eigenvalue weighted by Gasteiger charge is -2.25. The zero-order valence-electron chi connectivity index (χ0n) is 39.8. The number of allylic oxidation sites excluding steroid dienone is 19. The molecule has 1 amide bonds. The van der Waals surface area contributed by atoms with Crippen LogP contribution in [0, 0.1) is 0 Å². The van der Waals surface area contributed by atoms with Crippen LogP contribution in [0.25, 0.3) is 0 Å². The largest absolute Gasteiger partial charge is 0.472 e. The van der Waals surface area contributed by atoms with Crippen molar-refractivity contribution in [1.29, 1.82) is 0 Å². The normalized spacial score (nSPS) is 15.3. The Kier molecular flexibility index (Phi) is 41.0. The average Bonchev–Trinajstić information content (AvgIpc) is 3.23. The fraction of sp³-hybridized carbons (Fsp3) is 0.604. The van der Waals surface area contributed by atoms with Crippen LogP contribution in [-0.2, 0) is 18.4 Å². The molecule has 0 saturated carbocycles. The van der Waals surface area contributed by atoms with E-state index in [0.29, 0.717) is 17.4 Å². The molecule has 0 fully saturated rings. The van der Waals surface area contributed by atoms with Crippen molar-refractivity contribution in [1.82, 2.24) is 5.32 Å². The molecule has 352 valence electrons. The van der Waals surface area contributed by atoms with Gasteiger partial charge in [-0.15, -0.1) is 0 Å². The Bertz CT molecular complexity index is 1410. The van der Waals surface area contributed by atoms with Crippen LogP contribution in [0.3, 0.4) is 0 Å². The van der Waals surface area contributed by atoms with Crippen LogP contribution < -0.4 is 5.32 Å². The Hall–Kier alpha value is -3.10. The number of carbonyl (C=O) groups is 1. The molecule has 9 heteroatoms. The smallest absolute Gasteiger partial charge is 0.387 e. The van der Waals surface area contributed by atoms with E-state index >= 15 is 0 Å². The van der Waals surface area contributed by atoms with Gasteiger partial charge in [-0.2, -0.15) is 0 Å². The molecule has 0 aliphatic rings. The number of likely N-dealkylation sites (N-methyl/N-ethyl adjacent to an activating group) is 1. The SMILES string of the molecule is CC/C=C\C/C=C\C/C=C\C/C=C\C/C=C\C/C=C\C/C=C\C/C=C\C/C=C\CCCC(=O)NC(COP(=O)(O)OCC[N+](C)(C)C)C(O)/C=C/CCCCCCCCCCC. The van der Waals surface area contributed by atoms with Gasteiger partial charge in [0.05, 0.1) is 39.9 Å². The number of amides is 1. The molecule has 0 aliphatic heterocycles. The first-order chi connectivity index (χ1) is 30.0. The molecule has 0 spiro atoms. The van der Waals surface area contributed by atoms with E-state index in [-0.39, 0.29) is 25.5 Å². The maximum absolute atomic E-state index is 12.9. The number of unbranched alkanes of at least 4 members (excludes halogenated alkanes) is 10. The van der Waals surface area contributed by atoms with Gasteiger partial charge in [-0.25, -0.2) is 4.57 Å². The minimum Gasteiger partial charge on any atom is -0.387 e. The van der Waals surface area contributed by atoms with Crippen LogP contribution in [0.2, 0.25) is 0 Å². The molecule has 0 rings (SSSR count). The fourth-order valence-electron chi connectivity index (χ4n) is 5.92. The van der Waals surface area contributed by atoms with E-state index in [1.165, 1.54) is 44.9 Å². The van der Waals surface area contributed by atoms with Gasteiger partial charge in [0.2, 0.25) is 5.91 Å². The molecule has 3 atom stereocenters. The summed E-state index contributed by atoms with van der Waals surface area (Å²) in [5.41, 5.74) is 0. The topological polar surface area (TPSA) is 105 Å². The molecule has 0 saturated heterocycles. The third kappa shape index (κ3) is 44.9. The fourth-order valence-corrected chi connectivity index (χ4v) is 6.66. The number of aliphatic hydroxyl groups is 1. The second kappa shape index (κ2) is 43.2. The van der Waals surface area contributed by atoms with Crippen molar-refractivity contribution in [2.45, 2.75) is 167 Å². The summed E-state index contributed by atoms with van der Waals surface area (Å²) >= 11 is 0. The predicted octanol–water partition coefficient (Wildman–Crippen LogP) is 13.9. The number of hydrogen-bond acceptors (Lipinski definition) is 5. The molecule has 62 heavy (non-hydrogen) atoms. The third-order valence-electron chi connectivity index (χ3n) is 9.69. The molecule has 0 aromatic rings. The summed E-state index contributed by atoms with van der Waals surface area (Å²) in [4.78, 5) is 23.1. The molecule has 0 aromatic carbocycles. The predicted molar refractivity (Wildman–Crippen MR) is 267 cm³/mol. The quantitative estimate of drug-likeness (QED) is 0.0244. The Balaban J connectivity index is 4.41. The standard InChI is InChI=1S/C53H89N2O6P/c1-6-8-10-12-14-16-18-19-20-21-22-23-24-25-26-27-28-29-30-31-32-33-34-35-37-39-41-43-45-47-53(57)54-51(50-61-62(58,59)60-49-48-55(3,4)5)52(56)46-44-42-40-38-36-17-15-13-11-9-7-2/h8,10,14,16,19-20,22-23,25-26,28-29,31-32,34-35,39,41,44,46,51-52,56H,6-7,9,11-13,15,17-18,21,24,27,30,33,36-38,40,42-43,45,47-50H2,1-5H3,(H-,54,57,58,59)/p+1/b10-8-,16-14-,20-19-,23-22-,26-25-,29-28-,32-31-,35-34-,41-39-,46-44+. The van der Waals surface area contributed by atoms with E-state index in [4.69, 9.17) is 9.05 Å². The third-order valence-corrected chi connectivity index (χ3v) is 10.7. The van der Waals surface area contributed by atoms with Crippen LogP contribution >= 0.6 is 7.82 Å². The van der Waals surface area contributed by atoms with Gasteiger partial charge in [-0.1, -0.05) is 187 Å². The second-order valence-corrected chi connectivity index (χ2v) is 18.2. The summed E-state index contributed by atoms with van der Waals surface area (Å²) in [6.45, 7) is 4.60. The monoisotopic (exact) mass is 882 g/mol. The zero-order chi connectivity index (χ0) is 45.7. The van der Waals surface area contributed by atoms with Crippen molar-refractivity contribution in [2.75, 3.05) is 40.9 Å². The van der Waals surface area contributed by atoms with E-state index in [1.807, 2.05) is 27.2 Å². The van der Waals surface area contributed by atoms with Gasteiger partial charge < -0.3 is 19.8 Å². The van der Waals surface area contributed by atoms with Crippen molar-refractivity contribution in [2.24, 2.45) is 0 Å². The van der Waals surface area contributed by atoms with Crippen molar-refractivity contribution < 1.29 is 32.9 Å². The molecule has 0 aromatic heterocycles. The number of hydrogen-bond donors (Lipinski definition) is 3. The van der Waals surface area contributed by atoms with Crippen molar-refractivity contribution in [3.05, 3.63) is 122 Å². The van der Waals surface area contributed by atoms with Crippen molar-refractivity contribution in [3.63, 3.8) is 0 Å². The summed E-state index contributed by atoms with van der Waals surface area (Å²) in [6.07, 6.45) is 64.3. The summed E-state index contributed by atoms with van der Waals surface area (Å²) in [5, 5.41) is 13.8. The Morgan fingerprint density at radius 1 is 0.565 bits per heavy atom. The number of phosphoric acid groups is 1. The van der Waals surface area contributed by atoms with E-state index in [9.17, 15) is 19.4 Å². The Morgan fingerprint density at radius 2 is 0.968 bits per heavy atom. The van der Waals surface area contributed by atoms with Gasteiger partial charge in [-0.3, -0.25) is 13.8 Å². The maximum Gasteiger partial charge on any atom is 0.472 e. The Labute approximate surface area is 380 Å². The summed E-state index contributed by atoms with van der Waals surface area (Å²) in [6, 6.07) is -0.885. The minimum atomic E-state index is -4.36. The lowest BCUT2D eigenvalue weighted by molar-refractivity contribution is -0.870. The van der Waals surface area contributed by atoms with Gasteiger partial charge >= 0.3 is 7.82 Å². The van der Waals surface area contributed by atoms with Gasteiger partial charge in [0, 0.05) is 6.42 Å². The molecule has 0 heterocycles. The number of phosphoric ester groups is 1. The molecule has 3 N–H and O–H groups in total. The first-order valence-corrected chi connectivity index (χ1v) is 25.4. The van der Waals surface area contributed by atoms with E-state index in [2.05, 4.69) is 129 Å². The number of quaternary nitrogens is 1. The molecule has 0 aliphatic carbocycles. The van der Waals surface area contributed by atoms with Gasteiger partial charge in [-0.05, 0) is 83.5 Å². The van der Waals surface area contributed by atoms with Crippen LogP contribution in [-0.4, -0.2) is 73.4 Å². The highest BCUT2D eigenvalue weighted by Gasteiger charge is 2.27. The number of nitrogens with one attached hydrogen (secondary N) is 1. The first-order valence-electron chi connectivity index (χ1n) is 23.9. The Morgan fingerprint density at radius 3 is 1.40 bits per heavy atom. The van der Waals surface area contributed by atoms with Crippen molar-refractivity contribution in [3.8, 4) is 0 Å². The molecule has 3 unspecified atom stereocenters. The second-order valence-electron chi connectivity index (χ2n) is 16.8. The highest BCUT2D eigenvalue weighted by atomic mass is 31.2. The van der Waals surface area contributed by atoms with Crippen LogP contribution in [0.5, 0.6) is 0 Å². The first kappa shape index (κ1) is 58.9. The van der Waals surface area contributed by atoms with Gasteiger partial charge in [0.25, 0.3) is 0 Å². The highest BCUT2D eigenvalue weighted by molar-refractivity contribution is 7.47. The summed E-state index contributed by atoms with van der Waals surface area (Å²) in [5.74, 6) is -0.243. The molecule has 0 radical (unpaired) electrons. The molecular formula is C53H90N2O6P+. The molecule has 8 nitrogen and oxygen atoms in total. The summed E-state index contributed by atoms with van der Waals surface area (Å²) in [7, 11) is 1.51. The van der Waals surface area contributed by atoms with Gasteiger partial charge in [0.15, 0.2) is 0 Å². The van der Waals surface area contributed by atoms with E-state index < -0.39 is 20.0 Å². The zero-order valence-corrected chi connectivity index (χ0v) is 40.7. The van der Waals surface area contributed by atoms with Crippen LogP contribution in [0.4, 0.5) is 0 Å². The average molecular weight is 882 g/mol. The van der Waals surface area contributed by atoms with E-state index in [1.54, 1.807) is 6.08 Å². The number of carbonyl (C=O) groups excluding carboxylic acids is 1. The highest BCUT2D eigenvalue weighted by Crippen LogP contribution is 2.43. The van der Waals surface area contributed by atoms with Crippen molar-refractivity contribution >= 4 is 13.7 Å². The summed E-state index contributed by atoms with van der Waals surface area (Å²) < 4.78 is 23.5. The van der Waals surface area contributed by atoms with E-state index in [0.717, 1.165) is 83.5 Å². The van der Waals surface area contributed by atoms with Crippen LogP contribution in [0.1, 0.15) is 155 Å². The minimum absolute atomic E-state index is 0.0432. The number of rotatable bonds is 41. The maximum atomic E-state index is 12.9. The van der Waals surface area contributed by atoms with Gasteiger partial charge in [0.1, 0.15) is 13.2 Å². The molecule has 0 bridgehead atoms. The molecular weight excluding hydrogens is 792 g/mol. The van der Waals surface area contributed by atoms with Crippen LogP contribution in [0.15, 0.2) is 122 Å². The number of nitrogens with zero attached hydrogens (tertiary/aromatic N) is 1. The lowest BCUT2D eigenvalue weighted by Crippen LogP contribution is -2.45.